The summed E-state index contributed by atoms with van der Waals surface area (Å²) in [5.41, 5.74) is 0. The Kier molecular flexibility index (Phi) is 5.20. The summed E-state index contributed by atoms with van der Waals surface area (Å²) >= 11 is 0. The second kappa shape index (κ2) is 7.16. The molecule has 1 fully saturated rings. The minimum Gasteiger partial charge on any atom is -0.478 e. The van der Waals surface area contributed by atoms with Gasteiger partial charge in [-0.1, -0.05) is 0 Å². The van der Waals surface area contributed by atoms with Crippen LogP contribution in [0.5, 0.6) is 5.88 Å². The Labute approximate surface area is 109 Å². The largest absolute Gasteiger partial charge is 0.478 e. The monoisotopic (exact) mass is 250 g/mol. The first kappa shape index (κ1) is 13.1. The van der Waals surface area contributed by atoms with Crippen molar-refractivity contribution in [3.05, 3.63) is 12.3 Å². The Hall–Kier alpha value is -1.36. The molecule has 1 aromatic heterocycles. The molecular weight excluding hydrogens is 228 g/mol. The zero-order chi connectivity index (χ0) is 12.6. The fraction of sp³-hybridized carbons (Fsp3) is 0.692. The summed E-state index contributed by atoms with van der Waals surface area (Å²) in [5, 5.41) is 3.24. The van der Waals surface area contributed by atoms with Crippen LogP contribution in [0.25, 0.3) is 0 Å². The molecule has 1 aliphatic rings. The van der Waals surface area contributed by atoms with Crippen molar-refractivity contribution in [2.24, 2.45) is 0 Å². The summed E-state index contributed by atoms with van der Waals surface area (Å²) in [6.07, 6.45) is 5.56. The number of ether oxygens (including phenoxy) is 1. The highest BCUT2D eigenvalue weighted by Crippen LogP contribution is 2.09. The predicted molar refractivity (Wildman–Crippen MR) is 72.0 cm³/mol. The lowest BCUT2D eigenvalue weighted by Gasteiger charge is -2.14. The first-order valence-corrected chi connectivity index (χ1v) is 6.80. The fourth-order valence-electron chi connectivity index (χ4n) is 2.16. The number of hydrogen-bond acceptors (Lipinski definition) is 5. The Morgan fingerprint density at radius 1 is 1.39 bits per heavy atom. The van der Waals surface area contributed by atoms with Crippen LogP contribution in [0.2, 0.25) is 0 Å². The molecule has 5 nitrogen and oxygen atoms in total. The van der Waals surface area contributed by atoms with Crippen molar-refractivity contribution in [3.63, 3.8) is 0 Å². The van der Waals surface area contributed by atoms with E-state index in [-0.39, 0.29) is 0 Å². The number of anilines is 1. The highest BCUT2D eigenvalue weighted by molar-refractivity contribution is 5.27. The highest BCUT2D eigenvalue weighted by atomic mass is 16.5. The van der Waals surface area contributed by atoms with Gasteiger partial charge in [-0.15, -0.1) is 0 Å². The van der Waals surface area contributed by atoms with E-state index in [4.69, 9.17) is 4.74 Å². The Morgan fingerprint density at radius 2 is 2.22 bits per heavy atom. The molecule has 0 radical (unpaired) electrons. The van der Waals surface area contributed by atoms with Crippen LogP contribution in [0.1, 0.15) is 26.2 Å². The van der Waals surface area contributed by atoms with Gasteiger partial charge in [0.15, 0.2) is 0 Å². The molecule has 0 unspecified atom stereocenters. The van der Waals surface area contributed by atoms with E-state index in [2.05, 4.69) is 20.2 Å². The number of nitrogens with one attached hydrogen (secondary N) is 1. The molecule has 0 aromatic carbocycles. The molecule has 2 heterocycles. The van der Waals surface area contributed by atoms with Gasteiger partial charge in [0.2, 0.25) is 11.8 Å². The summed E-state index contributed by atoms with van der Waals surface area (Å²) in [7, 11) is 0. The van der Waals surface area contributed by atoms with Crippen molar-refractivity contribution in [3.8, 4) is 5.88 Å². The van der Waals surface area contributed by atoms with Crippen LogP contribution in [-0.4, -0.2) is 47.7 Å². The van der Waals surface area contributed by atoms with Gasteiger partial charge in [0.05, 0.1) is 6.61 Å². The zero-order valence-electron chi connectivity index (χ0n) is 11.1. The third-order valence-corrected chi connectivity index (χ3v) is 3.06. The van der Waals surface area contributed by atoms with Gasteiger partial charge in [-0.3, -0.25) is 0 Å². The topological polar surface area (TPSA) is 50.3 Å². The second-order valence-corrected chi connectivity index (χ2v) is 4.48. The zero-order valence-corrected chi connectivity index (χ0v) is 11.1. The van der Waals surface area contributed by atoms with Crippen LogP contribution < -0.4 is 10.1 Å². The average Bonchev–Trinajstić information content (AvgIpc) is 2.89. The average molecular weight is 250 g/mol. The highest BCUT2D eigenvalue weighted by Gasteiger charge is 2.10. The van der Waals surface area contributed by atoms with Crippen molar-refractivity contribution < 1.29 is 4.74 Å². The fourth-order valence-corrected chi connectivity index (χ4v) is 2.16. The number of aromatic nitrogens is 2. The van der Waals surface area contributed by atoms with Crippen molar-refractivity contribution >= 4 is 5.95 Å². The van der Waals surface area contributed by atoms with Crippen LogP contribution >= 0.6 is 0 Å². The molecule has 0 saturated carbocycles. The maximum Gasteiger partial charge on any atom is 0.225 e. The SMILES string of the molecule is CCOc1ccnc(NCCCN2CCCC2)n1. The molecule has 5 heteroatoms. The lowest BCUT2D eigenvalue weighted by Crippen LogP contribution is -2.22. The minimum absolute atomic E-state index is 0.630. The van der Waals surface area contributed by atoms with Crippen molar-refractivity contribution in [2.45, 2.75) is 26.2 Å². The minimum atomic E-state index is 0.630. The summed E-state index contributed by atoms with van der Waals surface area (Å²) in [5.74, 6) is 1.29. The molecule has 1 saturated heterocycles. The molecule has 1 aromatic rings. The van der Waals surface area contributed by atoms with Crippen molar-refractivity contribution in [1.29, 1.82) is 0 Å². The van der Waals surface area contributed by atoms with Crippen LogP contribution in [0.15, 0.2) is 12.3 Å². The van der Waals surface area contributed by atoms with E-state index in [1.165, 1.54) is 25.9 Å². The van der Waals surface area contributed by atoms with Gasteiger partial charge >= 0.3 is 0 Å². The molecule has 0 amide bonds. The summed E-state index contributed by atoms with van der Waals surface area (Å²) in [4.78, 5) is 11.0. The predicted octanol–water partition coefficient (Wildman–Crippen LogP) is 1.77. The molecule has 18 heavy (non-hydrogen) atoms. The van der Waals surface area contributed by atoms with Crippen LogP contribution in [-0.2, 0) is 0 Å². The van der Waals surface area contributed by atoms with Gasteiger partial charge < -0.3 is 15.0 Å². The maximum absolute atomic E-state index is 5.33. The van der Waals surface area contributed by atoms with Crippen LogP contribution in [0.4, 0.5) is 5.95 Å². The normalized spacial score (nSPS) is 15.8. The second-order valence-electron chi connectivity index (χ2n) is 4.48. The van der Waals surface area contributed by atoms with Crippen molar-refractivity contribution in [1.82, 2.24) is 14.9 Å². The Morgan fingerprint density at radius 3 is 3.00 bits per heavy atom. The van der Waals surface area contributed by atoms with Gasteiger partial charge in [0.1, 0.15) is 0 Å². The van der Waals surface area contributed by atoms with E-state index >= 15 is 0 Å². The Balaban J connectivity index is 1.67. The molecule has 0 aliphatic carbocycles. The van der Waals surface area contributed by atoms with Crippen molar-refractivity contribution in [2.75, 3.05) is 38.1 Å². The molecule has 0 atom stereocenters. The van der Waals surface area contributed by atoms with E-state index in [9.17, 15) is 0 Å². The van der Waals surface area contributed by atoms with Gasteiger partial charge in [-0.2, -0.15) is 4.98 Å². The van der Waals surface area contributed by atoms with E-state index in [1.807, 2.05) is 6.92 Å². The summed E-state index contributed by atoms with van der Waals surface area (Å²) in [6.45, 7) is 7.17. The van der Waals surface area contributed by atoms with Gasteiger partial charge in [0, 0.05) is 18.8 Å². The summed E-state index contributed by atoms with van der Waals surface area (Å²) in [6, 6.07) is 1.78. The van der Waals surface area contributed by atoms with Crippen LogP contribution in [0, 0.1) is 0 Å². The number of likely N-dealkylation sites (tertiary alicyclic amines) is 1. The lowest BCUT2D eigenvalue weighted by molar-refractivity contribution is 0.326. The van der Waals surface area contributed by atoms with E-state index in [0.29, 0.717) is 18.4 Å². The maximum atomic E-state index is 5.33. The number of hydrogen-bond donors (Lipinski definition) is 1. The number of nitrogens with zero attached hydrogens (tertiary/aromatic N) is 3. The Bertz CT molecular complexity index is 353. The van der Waals surface area contributed by atoms with E-state index in [1.54, 1.807) is 12.3 Å². The third-order valence-electron chi connectivity index (χ3n) is 3.06. The first-order chi connectivity index (χ1) is 8.88. The molecular formula is C13H22N4O. The number of rotatable bonds is 7. The molecule has 0 bridgehead atoms. The van der Waals surface area contributed by atoms with E-state index < -0.39 is 0 Å². The first-order valence-electron chi connectivity index (χ1n) is 6.80. The van der Waals surface area contributed by atoms with Gasteiger partial charge in [0.25, 0.3) is 0 Å². The molecule has 100 valence electrons. The quantitative estimate of drug-likeness (QED) is 0.747. The molecule has 0 spiro atoms. The smallest absolute Gasteiger partial charge is 0.225 e. The van der Waals surface area contributed by atoms with Crippen LogP contribution in [0.3, 0.4) is 0 Å². The van der Waals surface area contributed by atoms with E-state index in [0.717, 1.165) is 19.5 Å². The van der Waals surface area contributed by atoms with Gasteiger partial charge in [-0.25, -0.2) is 4.98 Å². The van der Waals surface area contributed by atoms with Gasteiger partial charge in [-0.05, 0) is 45.8 Å². The molecule has 2 rings (SSSR count). The lowest BCUT2D eigenvalue weighted by atomic mass is 10.4. The molecule has 1 aliphatic heterocycles. The standard InChI is InChI=1S/C13H22N4O/c1-2-18-12-6-8-15-13(16-12)14-7-5-11-17-9-3-4-10-17/h6,8H,2-5,7,9-11H2,1H3,(H,14,15,16). The molecule has 1 N–H and O–H groups in total. The third kappa shape index (κ3) is 4.14. The summed E-state index contributed by atoms with van der Waals surface area (Å²) < 4.78 is 5.33.